The highest BCUT2D eigenvalue weighted by Gasteiger charge is 2.40. The summed E-state index contributed by atoms with van der Waals surface area (Å²) < 4.78 is 53.6. The molecule has 30 heavy (non-hydrogen) atoms. The maximum Gasteiger partial charge on any atom is 0.324 e. The molecule has 2 aromatic rings. The average molecular weight is 456 g/mol. The van der Waals surface area contributed by atoms with Crippen LogP contribution in [0.4, 0.5) is 0 Å². The summed E-state index contributed by atoms with van der Waals surface area (Å²) in [6.07, 6.45) is 0. The Hall–Kier alpha value is -2.80. The van der Waals surface area contributed by atoms with E-state index in [9.17, 15) is 36.6 Å². The highest BCUT2D eigenvalue weighted by molar-refractivity contribution is 7.90. The van der Waals surface area contributed by atoms with Crippen molar-refractivity contribution in [2.75, 3.05) is 0 Å². The molecule has 0 spiro atoms. The first-order valence-electron chi connectivity index (χ1n) is 8.47. The van der Waals surface area contributed by atoms with E-state index in [1.807, 2.05) is 0 Å². The van der Waals surface area contributed by atoms with Crippen LogP contribution in [-0.4, -0.2) is 51.1 Å². The van der Waals surface area contributed by atoms with E-state index in [4.69, 9.17) is 0 Å². The third-order valence-corrected chi connectivity index (χ3v) is 7.01. The molecule has 0 aliphatic carbocycles. The van der Waals surface area contributed by atoms with Gasteiger partial charge in [0.05, 0.1) is 9.79 Å². The predicted molar refractivity (Wildman–Crippen MR) is 106 cm³/mol. The molecule has 10 nitrogen and oxygen atoms in total. The van der Waals surface area contributed by atoms with E-state index >= 15 is 0 Å². The van der Waals surface area contributed by atoms with E-state index < -0.39 is 44.1 Å². The number of sulfonamides is 2. The first kappa shape index (κ1) is 23.5. The average Bonchev–Trinajstić information content (AvgIpc) is 2.65. The number of rotatable bonds is 9. The van der Waals surface area contributed by atoms with Crippen molar-refractivity contribution in [1.29, 1.82) is 0 Å². The molecule has 0 bridgehead atoms. The Morgan fingerprint density at radius 3 is 1.17 bits per heavy atom. The second-order valence-corrected chi connectivity index (χ2v) is 9.93. The van der Waals surface area contributed by atoms with Crippen LogP contribution in [0, 0.1) is 13.8 Å². The van der Waals surface area contributed by atoms with Gasteiger partial charge in [-0.25, -0.2) is 16.8 Å². The lowest BCUT2D eigenvalue weighted by Crippen LogP contribution is -2.58. The van der Waals surface area contributed by atoms with Crippen LogP contribution in [0.5, 0.6) is 0 Å². The van der Waals surface area contributed by atoms with Gasteiger partial charge in [0.25, 0.3) is 0 Å². The molecule has 0 saturated carbocycles. The van der Waals surface area contributed by atoms with Gasteiger partial charge in [0, 0.05) is 0 Å². The number of carbonyl (C=O) groups is 2. The van der Waals surface area contributed by atoms with Crippen LogP contribution < -0.4 is 9.44 Å². The van der Waals surface area contributed by atoms with Crippen molar-refractivity contribution in [3.63, 3.8) is 0 Å². The van der Waals surface area contributed by atoms with Gasteiger partial charge in [-0.15, -0.1) is 0 Å². The zero-order chi connectivity index (χ0) is 22.7. The minimum atomic E-state index is -4.45. The molecule has 2 atom stereocenters. The highest BCUT2D eigenvalue weighted by Crippen LogP contribution is 2.14. The number of nitrogens with one attached hydrogen (secondary N) is 2. The zero-order valence-corrected chi connectivity index (χ0v) is 17.6. The first-order valence-corrected chi connectivity index (χ1v) is 11.4. The van der Waals surface area contributed by atoms with Crippen molar-refractivity contribution in [2.45, 2.75) is 35.7 Å². The van der Waals surface area contributed by atoms with Gasteiger partial charge in [-0.2, -0.15) is 9.44 Å². The Bertz CT molecular complexity index is 1050. The monoisotopic (exact) mass is 456 g/mol. The predicted octanol–water partition coefficient (Wildman–Crippen LogP) is 0.467. The molecular weight excluding hydrogens is 436 g/mol. The third kappa shape index (κ3) is 5.63. The molecule has 162 valence electrons. The zero-order valence-electron chi connectivity index (χ0n) is 15.9. The lowest BCUT2D eigenvalue weighted by Gasteiger charge is -2.22. The summed E-state index contributed by atoms with van der Waals surface area (Å²) >= 11 is 0. The van der Waals surface area contributed by atoms with Crippen LogP contribution in [0.25, 0.3) is 0 Å². The van der Waals surface area contributed by atoms with Crippen LogP contribution >= 0.6 is 0 Å². The lowest BCUT2D eigenvalue weighted by atomic mass is 10.1. The van der Waals surface area contributed by atoms with E-state index in [1.165, 1.54) is 48.5 Å². The standard InChI is InChI=1S/C18H20N2O8S2/c1-11-3-7-13(8-4-11)29(25,26)19-15(17(21)22)16(18(23)24)20-30(27,28)14-9-5-12(2)6-10-14/h3-10,15-16,19-20H,1-2H3,(H,21,22)(H,23,24)/t15-,16-/m0/s1. The number of carboxylic acids is 2. The number of benzene rings is 2. The Morgan fingerprint density at radius 2 is 0.933 bits per heavy atom. The van der Waals surface area contributed by atoms with E-state index in [1.54, 1.807) is 23.3 Å². The maximum atomic E-state index is 12.5. The van der Waals surface area contributed by atoms with Gasteiger partial charge < -0.3 is 10.2 Å². The first-order chi connectivity index (χ1) is 13.8. The normalized spacial score (nSPS) is 14.1. The minimum absolute atomic E-state index is 0.301. The van der Waals surface area contributed by atoms with Gasteiger partial charge in [0.1, 0.15) is 12.1 Å². The summed E-state index contributed by atoms with van der Waals surface area (Å²) in [6, 6.07) is 6.11. The molecule has 0 amide bonds. The van der Waals surface area contributed by atoms with Gasteiger partial charge >= 0.3 is 11.9 Å². The summed E-state index contributed by atoms with van der Waals surface area (Å²) in [5.41, 5.74) is 1.50. The van der Waals surface area contributed by atoms with E-state index in [2.05, 4.69) is 0 Å². The highest BCUT2D eigenvalue weighted by atomic mass is 32.2. The summed E-state index contributed by atoms with van der Waals surface area (Å²) in [4.78, 5) is 22.7. The topological polar surface area (TPSA) is 167 Å². The van der Waals surface area contributed by atoms with Crippen LogP contribution in [0.1, 0.15) is 11.1 Å². The summed E-state index contributed by atoms with van der Waals surface area (Å²) in [6.45, 7) is 3.42. The molecule has 12 heteroatoms. The second-order valence-electron chi connectivity index (χ2n) is 6.50. The van der Waals surface area contributed by atoms with Crippen molar-refractivity contribution in [3.8, 4) is 0 Å². The molecule has 0 aromatic heterocycles. The van der Waals surface area contributed by atoms with Crippen molar-refractivity contribution >= 4 is 32.0 Å². The largest absolute Gasteiger partial charge is 0.480 e. The molecule has 2 aromatic carbocycles. The SMILES string of the molecule is Cc1ccc(S(=O)(=O)N[C@H](C(=O)O)[C@H](NS(=O)(=O)c2ccc(C)cc2)C(=O)O)cc1. The molecule has 0 saturated heterocycles. The van der Waals surface area contributed by atoms with Gasteiger partial charge in [-0.3, -0.25) is 9.59 Å². The molecule has 0 radical (unpaired) electrons. The van der Waals surface area contributed by atoms with Gasteiger partial charge in [0.15, 0.2) is 0 Å². The quantitative estimate of drug-likeness (QED) is 0.422. The van der Waals surface area contributed by atoms with Gasteiger partial charge in [0.2, 0.25) is 20.0 Å². The number of aliphatic carboxylic acids is 2. The van der Waals surface area contributed by atoms with Crippen molar-refractivity contribution in [1.82, 2.24) is 9.44 Å². The second kappa shape index (κ2) is 8.92. The Balaban J connectivity index is 2.38. The van der Waals surface area contributed by atoms with Crippen molar-refractivity contribution in [3.05, 3.63) is 59.7 Å². The number of hydrogen-bond donors (Lipinski definition) is 4. The molecule has 2 rings (SSSR count). The summed E-state index contributed by atoms with van der Waals surface area (Å²) in [7, 11) is -8.91. The van der Waals surface area contributed by atoms with Gasteiger partial charge in [-0.05, 0) is 38.1 Å². The third-order valence-electron chi connectivity index (χ3n) is 4.09. The fourth-order valence-corrected chi connectivity index (χ4v) is 4.83. The molecule has 0 unspecified atom stereocenters. The van der Waals surface area contributed by atoms with E-state index in [0.29, 0.717) is 0 Å². The fourth-order valence-electron chi connectivity index (χ4n) is 2.43. The van der Waals surface area contributed by atoms with Crippen molar-refractivity contribution in [2.24, 2.45) is 0 Å². The Kier molecular flexibility index (Phi) is 6.98. The lowest BCUT2D eigenvalue weighted by molar-refractivity contribution is -0.147. The Morgan fingerprint density at radius 1 is 0.667 bits per heavy atom. The Labute approximate surface area is 173 Å². The number of carboxylic acid groups (broad SMARTS) is 2. The maximum absolute atomic E-state index is 12.5. The van der Waals surface area contributed by atoms with Gasteiger partial charge in [-0.1, -0.05) is 35.4 Å². The fraction of sp³-hybridized carbons (Fsp3) is 0.222. The van der Waals surface area contributed by atoms with Crippen LogP contribution in [0.2, 0.25) is 0 Å². The molecule has 0 heterocycles. The van der Waals surface area contributed by atoms with Crippen LogP contribution in [0.15, 0.2) is 58.3 Å². The molecule has 0 aliphatic heterocycles. The van der Waals surface area contributed by atoms with Crippen LogP contribution in [-0.2, 0) is 29.6 Å². The minimum Gasteiger partial charge on any atom is -0.480 e. The molecular formula is C18H20N2O8S2. The smallest absolute Gasteiger partial charge is 0.324 e. The summed E-state index contributed by atoms with van der Waals surface area (Å²) in [5.74, 6) is -3.74. The van der Waals surface area contributed by atoms with E-state index in [-0.39, 0.29) is 9.79 Å². The van der Waals surface area contributed by atoms with E-state index in [0.717, 1.165) is 11.1 Å². The van der Waals surface area contributed by atoms with Crippen LogP contribution in [0.3, 0.4) is 0 Å². The summed E-state index contributed by atoms with van der Waals surface area (Å²) in [5, 5.41) is 18.9. The number of hydrogen-bond acceptors (Lipinski definition) is 6. The molecule has 0 aliphatic rings. The molecule has 0 fully saturated rings. The van der Waals surface area contributed by atoms with Crippen molar-refractivity contribution < 1.29 is 36.6 Å². The number of aryl methyl sites for hydroxylation is 2. The molecule has 4 N–H and O–H groups in total.